The maximum Gasteiger partial charge on any atom is 0.407 e. The van der Waals surface area contributed by atoms with Gasteiger partial charge in [-0.05, 0) is 146 Å². The zero-order chi connectivity index (χ0) is 99.1. The molecule has 0 radical (unpaired) electrons. The van der Waals surface area contributed by atoms with Gasteiger partial charge >= 0.3 is 35.9 Å². The number of nitrogens with one attached hydrogen (secondary N) is 5. The SMILES string of the molecule is CC[N+]1=C(/C=C/C=C/C=C/C=C2/N(CCCCCC(=O)C[C@H](CCC(=O)O)C(=O)N[C@H](CCC(=O)O)C(=O)C[C@H](CCC(=O)O)C(=O)N[C@H](CCC(=O)O)C(=O)C[C@H](CCC(=O)O)C(=O)N[C@@H](Cc3ccc(/C(C)=N/OCCNC(=O)OCCOC)cc3)C(=O)CCCOCCOCC(=O)NCCOCCOCC(C)=O)c3ccc(S(=O)(=O)O)cc3C2(C)C)C(C)(C)c2cc(C)ccc21. The quantitative estimate of drug-likeness (QED) is 0.00629. The number of oxime groups is 1. The van der Waals surface area contributed by atoms with E-state index in [9.17, 15) is 110 Å². The predicted octanol–water partition coefficient (Wildman–Crippen LogP) is 8.53. The van der Waals surface area contributed by atoms with Gasteiger partial charge in [-0.2, -0.15) is 13.0 Å². The molecule has 0 saturated heterocycles. The minimum absolute atomic E-state index is 0.00330. The van der Waals surface area contributed by atoms with Gasteiger partial charge in [0.15, 0.2) is 28.8 Å². The number of alkyl carbamates (subject to hydrolysis) is 1. The second kappa shape index (κ2) is 58.3. The largest absolute Gasteiger partial charge is 0.481 e. The molecule has 134 heavy (non-hydrogen) atoms. The van der Waals surface area contributed by atoms with Gasteiger partial charge in [0.2, 0.25) is 29.3 Å². The van der Waals surface area contributed by atoms with Crippen LogP contribution in [0.4, 0.5) is 16.2 Å². The van der Waals surface area contributed by atoms with E-state index in [4.69, 9.17) is 33.3 Å². The maximum absolute atomic E-state index is 14.7. The van der Waals surface area contributed by atoms with Crippen molar-refractivity contribution in [1.29, 1.82) is 0 Å². The van der Waals surface area contributed by atoms with Crippen molar-refractivity contribution in [2.45, 2.75) is 218 Å². The number of carboxylic acid groups (broad SMARTS) is 5. The summed E-state index contributed by atoms with van der Waals surface area (Å²) in [6.07, 6.45) is 4.58. The summed E-state index contributed by atoms with van der Waals surface area (Å²) >= 11 is 0. The van der Waals surface area contributed by atoms with Gasteiger partial charge in [-0.25, -0.2) is 4.79 Å². The fraction of sp³-hybridized carbons (Fsp3) is 0.547. The minimum Gasteiger partial charge on any atom is -0.481 e. The van der Waals surface area contributed by atoms with Crippen molar-refractivity contribution in [2.24, 2.45) is 22.9 Å². The molecule has 5 rings (SSSR count). The van der Waals surface area contributed by atoms with Crippen LogP contribution < -0.4 is 31.5 Å². The first-order chi connectivity index (χ1) is 63.6. The van der Waals surface area contributed by atoms with Crippen molar-refractivity contribution in [1.82, 2.24) is 26.6 Å². The third-order valence-electron chi connectivity index (χ3n) is 22.4. The van der Waals surface area contributed by atoms with Crippen LogP contribution in [0.15, 0.2) is 119 Å². The number of unbranched alkanes of at least 4 members (excludes halogenated alkanes) is 2. The number of Topliss-reactive ketones (excluding diaryl/α,β-unsaturated/α-hetero) is 5. The van der Waals surface area contributed by atoms with Crippen LogP contribution in [0.1, 0.15) is 198 Å². The molecule has 0 fully saturated rings. The summed E-state index contributed by atoms with van der Waals surface area (Å²) in [5.74, 6) is -18.8. The first-order valence-electron chi connectivity index (χ1n) is 44.8. The topological polar surface area (TPSA) is 555 Å². The molecule has 0 spiro atoms. The highest BCUT2D eigenvalue weighted by atomic mass is 32.2. The molecule has 3 aromatic rings. The molecule has 736 valence electrons. The van der Waals surface area contributed by atoms with E-state index in [0.717, 1.165) is 18.0 Å². The normalized spacial score (nSPS) is 15.0. The Kier molecular flexibility index (Phi) is 49.0. The molecule has 38 nitrogen and oxygen atoms in total. The first kappa shape index (κ1) is 113. The number of carboxylic acids is 5. The third-order valence-corrected chi connectivity index (χ3v) is 23.2. The van der Waals surface area contributed by atoms with Gasteiger partial charge in [0.1, 0.15) is 38.8 Å². The molecule has 0 bridgehead atoms. The third kappa shape index (κ3) is 40.1. The molecule has 11 N–H and O–H groups in total. The van der Waals surface area contributed by atoms with Crippen LogP contribution >= 0.6 is 0 Å². The molecule has 3 aromatic carbocycles. The highest BCUT2D eigenvalue weighted by molar-refractivity contribution is 7.85. The van der Waals surface area contributed by atoms with Crippen molar-refractivity contribution in [3.05, 3.63) is 137 Å². The highest BCUT2D eigenvalue weighted by Gasteiger charge is 2.45. The molecule has 2 aliphatic heterocycles. The van der Waals surface area contributed by atoms with Crippen LogP contribution in [0.2, 0.25) is 0 Å². The molecule has 2 heterocycles. The number of allylic oxidation sites excluding steroid dienone is 8. The van der Waals surface area contributed by atoms with E-state index in [1.807, 2.05) is 55.2 Å². The number of carbonyl (C=O) groups is 15. The predicted molar refractivity (Wildman–Crippen MR) is 490 cm³/mol. The first-order valence-corrected chi connectivity index (χ1v) is 46.2. The van der Waals surface area contributed by atoms with Gasteiger partial charge < -0.3 is 90.3 Å². The van der Waals surface area contributed by atoms with Gasteiger partial charge in [-0.1, -0.05) is 91.7 Å². The molecule has 0 aromatic heterocycles. The number of hydrogen-bond donors (Lipinski definition) is 11. The summed E-state index contributed by atoms with van der Waals surface area (Å²) in [6.45, 7) is 17.3. The average Bonchev–Trinajstić information content (AvgIpc) is 1.57. The molecule has 0 saturated carbocycles. The van der Waals surface area contributed by atoms with E-state index >= 15 is 0 Å². The lowest BCUT2D eigenvalue weighted by Gasteiger charge is -2.27. The Morgan fingerprint density at radius 1 is 0.522 bits per heavy atom. The van der Waals surface area contributed by atoms with E-state index in [0.29, 0.717) is 47.5 Å². The van der Waals surface area contributed by atoms with E-state index < -0.39 is 218 Å². The zero-order valence-corrected chi connectivity index (χ0v) is 78.6. The Morgan fingerprint density at radius 3 is 1.63 bits per heavy atom. The van der Waals surface area contributed by atoms with E-state index in [1.54, 1.807) is 37.3 Å². The summed E-state index contributed by atoms with van der Waals surface area (Å²) in [4.78, 5) is 204. The number of rotatable bonds is 69. The fourth-order valence-electron chi connectivity index (χ4n) is 15.2. The molecule has 2 aliphatic rings. The fourth-order valence-corrected chi connectivity index (χ4v) is 15.7. The monoisotopic (exact) mass is 1900 g/mol. The van der Waals surface area contributed by atoms with Gasteiger partial charge in [-0.3, -0.25) is 71.7 Å². The lowest BCUT2D eigenvalue weighted by molar-refractivity contribution is -0.433. The molecular weight excluding hydrogens is 1770 g/mol. The number of amides is 5. The molecular formula is C95H131N8O30S+. The minimum atomic E-state index is -4.59. The number of carbonyl (C=O) groups excluding carboxylic acids is 10. The number of fused-ring (bicyclic) bond motifs is 2. The van der Waals surface area contributed by atoms with Crippen LogP contribution in [0.3, 0.4) is 0 Å². The number of ether oxygens (including phenoxy) is 6. The van der Waals surface area contributed by atoms with Crippen LogP contribution in [0, 0.1) is 24.7 Å². The molecule has 5 amide bonds. The summed E-state index contributed by atoms with van der Waals surface area (Å²) in [5.41, 5.74) is 7.34. The Labute approximate surface area is 780 Å². The van der Waals surface area contributed by atoms with Gasteiger partial charge in [0.05, 0.1) is 80.3 Å². The number of hydrogen-bond acceptors (Lipinski definition) is 26. The van der Waals surface area contributed by atoms with E-state index in [-0.39, 0.29) is 134 Å². The number of benzene rings is 3. The Hall–Kier alpha value is -11.9. The smallest absolute Gasteiger partial charge is 0.407 e. The Bertz CT molecular complexity index is 4860. The van der Waals surface area contributed by atoms with Crippen LogP contribution in [0.25, 0.3) is 0 Å². The van der Waals surface area contributed by atoms with Crippen molar-refractivity contribution in [3.8, 4) is 0 Å². The lowest BCUT2D eigenvalue weighted by atomic mass is 9.81. The van der Waals surface area contributed by atoms with E-state index in [1.165, 1.54) is 43.0 Å². The number of aryl methyl sites for hydroxylation is 1. The van der Waals surface area contributed by atoms with Crippen molar-refractivity contribution in [3.63, 3.8) is 0 Å². The zero-order valence-electron chi connectivity index (χ0n) is 77.8. The number of nitrogens with zero attached hydrogens (tertiary/aromatic N) is 3. The summed E-state index contributed by atoms with van der Waals surface area (Å²) in [7, 11) is -3.14. The number of aliphatic carboxylic acids is 5. The lowest BCUT2D eigenvalue weighted by Crippen LogP contribution is -2.49. The Morgan fingerprint density at radius 2 is 1.06 bits per heavy atom. The summed E-state index contributed by atoms with van der Waals surface area (Å²) in [5, 5.41) is 66.0. The summed E-state index contributed by atoms with van der Waals surface area (Å²) < 4.78 is 68.5. The molecule has 6 atom stereocenters. The van der Waals surface area contributed by atoms with Gasteiger partial charge in [0, 0.05) is 143 Å². The number of ketones is 5. The summed E-state index contributed by atoms with van der Waals surface area (Å²) in [6, 6.07) is 12.4. The van der Waals surface area contributed by atoms with Crippen LogP contribution in [0.5, 0.6) is 0 Å². The van der Waals surface area contributed by atoms with Crippen LogP contribution in [-0.4, -0.2) is 267 Å². The van der Waals surface area contributed by atoms with Crippen molar-refractivity contribution >= 4 is 121 Å². The standard InChI is InChI=1S/C95H130N8O30S/c1-10-102-77-35-24-62(2)54-72(77)94(5,6)82(102)22-16-12-11-13-17-23-83-95(7,8)73-59-71(134(124,125)126)32-36-78(73)103(83)44-18-14-15-20-70(105)56-67(29-37-85(110)111)90(120)98-74(33-40-88(116)117)80(107)57-68(30-38-86(112)113)91(121)99-75(34-41-89(118)119)81(108)58-69(31-39-87(114)115)92(122)100-76(55-65-25-27-66(28-26-65)64(4)101-133-47-43-97-93(123)132-53-48-127-9)79(106)21-19-45-128-49-52-131-61-84(109)96-42-46-129-50-51-130-60-63(3)104/h11-13,16-17,22-28,32,35-36,54,59,67-69,74-76H,10,14-15,18-21,29-31,33-34,37-53,55-58,60-61H2,1-9H3,(H10-,96,97,98,99,100,109,110,111,112,113,114,115,116,117,118,119,120,121,122,123,124,125,126)/p+1/b101-64+/t67-,68-,69-,74+,75+,76-/m0/s1. The molecule has 0 unspecified atom stereocenters. The van der Waals surface area contributed by atoms with Gasteiger partial charge in [-0.15, -0.1) is 0 Å². The van der Waals surface area contributed by atoms with Crippen molar-refractivity contribution in [2.75, 3.05) is 111 Å². The average molecular weight is 1900 g/mol. The maximum atomic E-state index is 14.7. The van der Waals surface area contributed by atoms with E-state index in [2.05, 4.69) is 88.3 Å². The highest BCUT2D eigenvalue weighted by Crippen LogP contribution is 2.49. The molecule has 0 aliphatic carbocycles. The molecule has 39 heteroatoms. The van der Waals surface area contributed by atoms with Gasteiger partial charge in [0.25, 0.3) is 10.1 Å². The second-order valence-corrected chi connectivity index (χ2v) is 35.1. The van der Waals surface area contributed by atoms with Crippen LogP contribution in [-0.2, 0) is 128 Å². The van der Waals surface area contributed by atoms with Crippen molar-refractivity contribution < 1.29 is 148 Å². The number of anilines is 1. The number of methoxy groups -OCH3 is 1. The Balaban J connectivity index is 1.29. The second-order valence-electron chi connectivity index (χ2n) is 33.6.